The van der Waals surface area contributed by atoms with Gasteiger partial charge < -0.3 is 10.5 Å². The van der Waals surface area contributed by atoms with Gasteiger partial charge in [-0.2, -0.15) is 0 Å². The van der Waals surface area contributed by atoms with Crippen LogP contribution in [0.4, 0.5) is 0 Å². The fourth-order valence-electron chi connectivity index (χ4n) is 2.64. The van der Waals surface area contributed by atoms with Crippen LogP contribution in [0.1, 0.15) is 36.4 Å². The number of esters is 1. The highest BCUT2D eigenvalue weighted by Crippen LogP contribution is 2.50. The lowest BCUT2D eigenvalue weighted by Gasteiger charge is -2.43. The Kier molecular flexibility index (Phi) is 3.20. The first-order chi connectivity index (χ1) is 8.12. The Morgan fingerprint density at radius 1 is 1.41 bits per heavy atom. The van der Waals surface area contributed by atoms with E-state index in [1.54, 1.807) is 0 Å². The second kappa shape index (κ2) is 4.49. The Labute approximate surface area is 102 Å². The number of rotatable bonds is 3. The third-order valence-electron chi connectivity index (χ3n) is 3.96. The van der Waals surface area contributed by atoms with Crippen LogP contribution >= 0.6 is 0 Å². The third kappa shape index (κ3) is 1.84. The zero-order valence-electron chi connectivity index (χ0n) is 10.4. The summed E-state index contributed by atoms with van der Waals surface area (Å²) in [7, 11) is 1.44. The molecule has 3 nitrogen and oxygen atoms in total. The second-order valence-electron chi connectivity index (χ2n) is 4.84. The number of carbonyl (C=O) groups excluding carboxylic acids is 1. The first-order valence-electron chi connectivity index (χ1n) is 6.01. The minimum absolute atomic E-state index is 0.167. The van der Waals surface area contributed by atoms with Crippen molar-refractivity contribution in [2.75, 3.05) is 7.11 Å². The van der Waals surface area contributed by atoms with Crippen molar-refractivity contribution in [1.29, 1.82) is 0 Å². The molecule has 2 rings (SSSR count). The lowest BCUT2D eigenvalue weighted by Crippen LogP contribution is -2.47. The van der Waals surface area contributed by atoms with Gasteiger partial charge in [-0.1, -0.05) is 30.7 Å². The van der Waals surface area contributed by atoms with E-state index in [2.05, 4.69) is 0 Å². The summed E-state index contributed by atoms with van der Waals surface area (Å²) in [6.07, 6.45) is 2.71. The first kappa shape index (κ1) is 12.1. The van der Waals surface area contributed by atoms with Gasteiger partial charge in [0.25, 0.3) is 0 Å². The molecule has 1 aromatic rings. The summed E-state index contributed by atoms with van der Waals surface area (Å²) >= 11 is 0. The molecule has 0 heterocycles. The number of methoxy groups -OCH3 is 1. The number of aryl methyl sites for hydroxylation is 1. The normalized spacial score (nSPS) is 19.2. The number of benzene rings is 1. The van der Waals surface area contributed by atoms with Crippen molar-refractivity contribution in [2.24, 2.45) is 11.1 Å². The molecule has 1 unspecified atom stereocenters. The maximum Gasteiger partial charge on any atom is 0.313 e. The summed E-state index contributed by atoms with van der Waals surface area (Å²) in [5, 5.41) is 0. The Hall–Kier alpha value is -1.35. The standard InChI is InChI=1S/C14H19NO2/c1-10-6-3-4-7-11(10)12(15)14(8-5-9-14)13(16)17-2/h3-4,6-7,12H,5,8-9,15H2,1-2H3. The van der Waals surface area contributed by atoms with Gasteiger partial charge in [0.2, 0.25) is 0 Å². The Morgan fingerprint density at radius 3 is 2.53 bits per heavy atom. The molecule has 17 heavy (non-hydrogen) atoms. The van der Waals surface area contributed by atoms with Crippen molar-refractivity contribution < 1.29 is 9.53 Å². The molecule has 1 atom stereocenters. The Morgan fingerprint density at radius 2 is 2.06 bits per heavy atom. The van der Waals surface area contributed by atoms with E-state index in [4.69, 9.17) is 10.5 Å². The van der Waals surface area contributed by atoms with Gasteiger partial charge in [-0.15, -0.1) is 0 Å². The zero-order chi connectivity index (χ0) is 12.5. The van der Waals surface area contributed by atoms with Crippen LogP contribution in [0.25, 0.3) is 0 Å². The van der Waals surface area contributed by atoms with Gasteiger partial charge in [-0.25, -0.2) is 0 Å². The monoisotopic (exact) mass is 233 g/mol. The van der Waals surface area contributed by atoms with Crippen LogP contribution in [0, 0.1) is 12.3 Å². The van der Waals surface area contributed by atoms with E-state index in [9.17, 15) is 4.79 Å². The predicted octanol–water partition coefficient (Wildman–Crippen LogP) is 2.34. The molecule has 0 aromatic heterocycles. The van der Waals surface area contributed by atoms with Gasteiger partial charge in [0.15, 0.2) is 0 Å². The van der Waals surface area contributed by atoms with E-state index in [0.29, 0.717) is 0 Å². The molecule has 1 fully saturated rings. The van der Waals surface area contributed by atoms with Crippen LogP contribution in [-0.2, 0) is 9.53 Å². The molecule has 1 aliphatic rings. The van der Waals surface area contributed by atoms with Crippen LogP contribution in [-0.4, -0.2) is 13.1 Å². The molecular formula is C14H19NO2. The minimum Gasteiger partial charge on any atom is -0.469 e. The molecule has 3 heteroatoms. The highest BCUT2D eigenvalue weighted by atomic mass is 16.5. The summed E-state index contributed by atoms with van der Waals surface area (Å²) < 4.78 is 4.92. The average molecular weight is 233 g/mol. The smallest absolute Gasteiger partial charge is 0.313 e. The summed E-state index contributed by atoms with van der Waals surface area (Å²) in [6, 6.07) is 7.72. The summed E-state index contributed by atoms with van der Waals surface area (Å²) in [5.74, 6) is -0.167. The van der Waals surface area contributed by atoms with E-state index in [1.165, 1.54) is 7.11 Å². The van der Waals surface area contributed by atoms with E-state index in [0.717, 1.165) is 30.4 Å². The molecule has 0 aliphatic heterocycles. The SMILES string of the molecule is COC(=O)C1(C(N)c2ccccc2C)CCC1. The Balaban J connectivity index is 2.33. The van der Waals surface area contributed by atoms with Crippen molar-refractivity contribution >= 4 is 5.97 Å². The van der Waals surface area contributed by atoms with E-state index >= 15 is 0 Å². The van der Waals surface area contributed by atoms with E-state index in [1.807, 2.05) is 31.2 Å². The number of hydrogen-bond donors (Lipinski definition) is 1. The number of hydrogen-bond acceptors (Lipinski definition) is 3. The van der Waals surface area contributed by atoms with Crippen LogP contribution in [0.5, 0.6) is 0 Å². The second-order valence-corrected chi connectivity index (χ2v) is 4.84. The van der Waals surface area contributed by atoms with Crippen molar-refractivity contribution in [2.45, 2.75) is 32.2 Å². The largest absolute Gasteiger partial charge is 0.469 e. The molecule has 1 saturated carbocycles. The minimum atomic E-state index is -0.499. The van der Waals surface area contributed by atoms with Gasteiger partial charge in [0, 0.05) is 6.04 Å². The van der Waals surface area contributed by atoms with Gasteiger partial charge >= 0.3 is 5.97 Å². The average Bonchev–Trinajstić information content (AvgIpc) is 2.27. The van der Waals surface area contributed by atoms with Crippen molar-refractivity contribution in [1.82, 2.24) is 0 Å². The van der Waals surface area contributed by atoms with Crippen LogP contribution < -0.4 is 5.73 Å². The molecule has 0 amide bonds. The van der Waals surface area contributed by atoms with Gasteiger partial charge in [-0.05, 0) is 30.9 Å². The van der Waals surface area contributed by atoms with Gasteiger partial charge in [0.1, 0.15) is 0 Å². The lowest BCUT2D eigenvalue weighted by molar-refractivity contribution is -0.160. The Bertz CT molecular complexity index is 424. The molecule has 2 N–H and O–H groups in total. The van der Waals surface area contributed by atoms with Gasteiger partial charge in [-0.3, -0.25) is 4.79 Å². The van der Waals surface area contributed by atoms with Crippen molar-refractivity contribution in [3.05, 3.63) is 35.4 Å². The zero-order valence-corrected chi connectivity index (χ0v) is 10.4. The van der Waals surface area contributed by atoms with E-state index < -0.39 is 5.41 Å². The quantitative estimate of drug-likeness (QED) is 0.815. The van der Waals surface area contributed by atoms with Gasteiger partial charge in [0.05, 0.1) is 12.5 Å². The fourth-order valence-corrected chi connectivity index (χ4v) is 2.64. The molecule has 0 spiro atoms. The molecular weight excluding hydrogens is 214 g/mol. The number of nitrogens with two attached hydrogens (primary N) is 1. The molecule has 92 valence electrons. The summed E-state index contributed by atoms with van der Waals surface area (Å²) in [4.78, 5) is 11.9. The molecule has 0 bridgehead atoms. The summed E-state index contributed by atoms with van der Waals surface area (Å²) in [5.41, 5.74) is 8.00. The molecule has 1 aromatic carbocycles. The van der Waals surface area contributed by atoms with Crippen LogP contribution in [0.2, 0.25) is 0 Å². The van der Waals surface area contributed by atoms with Crippen LogP contribution in [0.3, 0.4) is 0 Å². The van der Waals surface area contributed by atoms with Crippen LogP contribution in [0.15, 0.2) is 24.3 Å². The third-order valence-corrected chi connectivity index (χ3v) is 3.96. The van der Waals surface area contributed by atoms with Crippen molar-refractivity contribution in [3.8, 4) is 0 Å². The fraction of sp³-hybridized carbons (Fsp3) is 0.500. The number of carbonyl (C=O) groups is 1. The predicted molar refractivity (Wildman–Crippen MR) is 66.4 cm³/mol. The molecule has 1 aliphatic carbocycles. The highest BCUT2D eigenvalue weighted by Gasteiger charge is 2.50. The molecule has 0 saturated heterocycles. The first-order valence-corrected chi connectivity index (χ1v) is 6.01. The number of ether oxygens (including phenoxy) is 1. The topological polar surface area (TPSA) is 52.3 Å². The maximum atomic E-state index is 11.9. The van der Waals surface area contributed by atoms with E-state index in [-0.39, 0.29) is 12.0 Å². The molecule has 0 radical (unpaired) electrons. The highest BCUT2D eigenvalue weighted by molar-refractivity contribution is 5.79. The van der Waals surface area contributed by atoms with Crippen molar-refractivity contribution in [3.63, 3.8) is 0 Å². The maximum absolute atomic E-state index is 11.9. The lowest BCUT2D eigenvalue weighted by atomic mass is 9.62. The summed E-state index contributed by atoms with van der Waals surface area (Å²) in [6.45, 7) is 2.03.